The van der Waals surface area contributed by atoms with Crippen LogP contribution < -0.4 is 10.6 Å². The van der Waals surface area contributed by atoms with Crippen molar-refractivity contribution in [3.05, 3.63) is 15.6 Å². The molecule has 5 nitrogen and oxygen atoms in total. The Morgan fingerprint density at radius 1 is 1.35 bits per heavy atom. The number of nitrogens with one attached hydrogen (secondary N) is 2. The second-order valence-electron chi connectivity index (χ2n) is 6.55. The van der Waals surface area contributed by atoms with E-state index in [1.165, 1.54) is 4.88 Å². The molecule has 0 aliphatic heterocycles. The predicted octanol–water partition coefficient (Wildman–Crippen LogP) is 3.56. The second kappa shape index (κ2) is 12.3. The standard InChI is InChI=1S/C18H32N4OS2.HI/c1-5-19-18(20-11-10-17-13(3)21-14(4)24-17)22-15-8-7-9-16(12-15)25(23)6-2;/h15-16H,5-12H2,1-4H3,(H2,19,20,22);1H. The van der Waals surface area contributed by atoms with Gasteiger partial charge in [0, 0.05) is 52.2 Å². The summed E-state index contributed by atoms with van der Waals surface area (Å²) < 4.78 is 12.1. The highest BCUT2D eigenvalue weighted by atomic mass is 127. The molecule has 1 fully saturated rings. The summed E-state index contributed by atoms with van der Waals surface area (Å²) >= 11 is 1.77. The Hall–Kier alpha value is -0.220. The molecule has 0 amide bonds. The lowest BCUT2D eigenvalue weighted by molar-refractivity contribution is 0.413. The van der Waals surface area contributed by atoms with Crippen LogP contribution in [-0.2, 0) is 17.2 Å². The maximum atomic E-state index is 12.1. The van der Waals surface area contributed by atoms with Gasteiger partial charge in [-0.3, -0.25) is 9.20 Å². The van der Waals surface area contributed by atoms with E-state index >= 15 is 0 Å². The maximum Gasteiger partial charge on any atom is 0.191 e. The van der Waals surface area contributed by atoms with Gasteiger partial charge in [0.1, 0.15) is 0 Å². The molecular formula is C18H33IN4OS2. The van der Waals surface area contributed by atoms with E-state index in [2.05, 4.69) is 36.4 Å². The van der Waals surface area contributed by atoms with Crippen LogP contribution in [0, 0.1) is 13.8 Å². The van der Waals surface area contributed by atoms with Gasteiger partial charge in [-0.1, -0.05) is 13.3 Å². The molecule has 1 aliphatic carbocycles. The molecule has 0 bridgehead atoms. The SMILES string of the molecule is CCNC(=NCCc1sc(C)nc1C)NC1CCCC(S(=O)CC)C1.I. The van der Waals surface area contributed by atoms with Crippen LogP contribution in [0.15, 0.2) is 4.99 Å². The minimum Gasteiger partial charge on any atom is -0.357 e. The maximum absolute atomic E-state index is 12.1. The monoisotopic (exact) mass is 512 g/mol. The lowest BCUT2D eigenvalue weighted by atomic mass is 9.95. The van der Waals surface area contributed by atoms with Crippen LogP contribution in [0.2, 0.25) is 0 Å². The van der Waals surface area contributed by atoms with Crippen LogP contribution in [0.5, 0.6) is 0 Å². The number of halogens is 1. The number of aryl methyl sites for hydroxylation is 2. The number of aromatic nitrogens is 1. The Labute approximate surface area is 181 Å². The fraction of sp³-hybridized carbons (Fsp3) is 0.778. The van der Waals surface area contributed by atoms with Gasteiger partial charge in [-0.05, 0) is 40.0 Å². The van der Waals surface area contributed by atoms with Gasteiger partial charge in [-0.25, -0.2) is 4.98 Å². The Bertz CT molecular complexity index is 606. The van der Waals surface area contributed by atoms with E-state index in [-0.39, 0.29) is 24.0 Å². The Kier molecular flexibility index (Phi) is 11.2. The summed E-state index contributed by atoms with van der Waals surface area (Å²) in [5, 5.41) is 8.37. The molecule has 8 heteroatoms. The zero-order valence-corrected chi connectivity index (χ0v) is 20.3. The number of thiazole rings is 1. The highest BCUT2D eigenvalue weighted by Crippen LogP contribution is 2.23. The second-order valence-corrected chi connectivity index (χ2v) is 9.84. The summed E-state index contributed by atoms with van der Waals surface area (Å²) in [6, 6.07) is 0.374. The molecule has 26 heavy (non-hydrogen) atoms. The first-order chi connectivity index (χ1) is 12.0. The molecule has 0 aromatic carbocycles. The van der Waals surface area contributed by atoms with Gasteiger partial charge in [0.15, 0.2) is 5.96 Å². The number of aliphatic imine (C=N–C) groups is 1. The predicted molar refractivity (Wildman–Crippen MR) is 125 cm³/mol. The zero-order chi connectivity index (χ0) is 18.2. The number of guanidine groups is 1. The average Bonchev–Trinajstić information content (AvgIpc) is 2.92. The van der Waals surface area contributed by atoms with Crippen molar-refractivity contribution in [1.29, 1.82) is 0 Å². The van der Waals surface area contributed by atoms with Crippen molar-refractivity contribution in [2.24, 2.45) is 4.99 Å². The number of rotatable bonds is 7. The fourth-order valence-electron chi connectivity index (χ4n) is 3.34. The number of nitrogens with zero attached hydrogens (tertiary/aromatic N) is 2. The van der Waals surface area contributed by atoms with Gasteiger partial charge in [0.05, 0.1) is 10.7 Å². The normalized spacial score (nSPS) is 21.8. The third-order valence-electron chi connectivity index (χ3n) is 4.58. The molecule has 2 N–H and O–H groups in total. The molecular weight excluding hydrogens is 479 g/mol. The summed E-state index contributed by atoms with van der Waals surface area (Å²) in [7, 11) is -0.689. The molecule has 3 atom stereocenters. The largest absolute Gasteiger partial charge is 0.357 e. The molecule has 1 heterocycles. The number of hydrogen-bond donors (Lipinski definition) is 2. The average molecular weight is 513 g/mol. The van der Waals surface area contributed by atoms with Gasteiger partial charge >= 0.3 is 0 Å². The van der Waals surface area contributed by atoms with Gasteiger partial charge in [0.25, 0.3) is 0 Å². The summed E-state index contributed by atoms with van der Waals surface area (Å²) in [5.74, 6) is 1.65. The minimum atomic E-state index is -0.689. The molecule has 150 valence electrons. The third-order valence-corrected chi connectivity index (χ3v) is 7.45. The van der Waals surface area contributed by atoms with Gasteiger partial charge < -0.3 is 10.6 Å². The molecule has 1 saturated carbocycles. The fourth-order valence-corrected chi connectivity index (χ4v) is 5.61. The van der Waals surface area contributed by atoms with Crippen molar-refractivity contribution < 1.29 is 4.21 Å². The van der Waals surface area contributed by atoms with Crippen molar-refractivity contribution in [3.8, 4) is 0 Å². The van der Waals surface area contributed by atoms with Gasteiger partial charge in [-0.15, -0.1) is 35.3 Å². The summed E-state index contributed by atoms with van der Waals surface area (Å²) in [5.41, 5.74) is 1.13. The van der Waals surface area contributed by atoms with E-state index in [1.807, 2.05) is 6.92 Å². The molecule has 1 aromatic heterocycles. The lowest BCUT2D eigenvalue weighted by Crippen LogP contribution is -2.46. The highest BCUT2D eigenvalue weighted by Gasteiger charge is 2.26. The van der Waals surface area contributed by atoms with Gasteiger partial charge in [-0.2, -0.15) is 0 Å². The van der Waals surface area contributed by atoms with Crippen molar-refractivity contribution in [1.82, 2.24) is 15.6 Å². The van der Waals surface area contributed by atoms with E-state index in [0.29, 0.717) is 11.3 Å². The first-order valence-corrected chi connectivity index (χ1v) is 11.6. The van der Waals surface area contributed by atoms with Crippen molar-refractivity contribution in [2.75, 3.05) is 18.8 Å². The molecule has 2 rings (SSSR count). The first kappa shape index (κ1) is 23.8. The minimum absolute atomic E-state index is 0. The molecule has 1 aliphatic rings. The Balaban J connectivity index is 0.00000338. The van der Waals surface area contributed by atoms with E-state index in [9.17, 15) is 4.21 Å². The quantitative estimate of drug-likeness (QED) is 0.333. The molecule has 0 saturated heterocycles. The molecule has 0 radical (unpaired) electrons. The van der Waals surface area contributed by atoms with E-state index in [0.717, 1.165) is 67.6 Å². The van der Waals surface area contributed by atoms with E-state index in [1.54, 1.807) is 11.3 Å². The molecule has 1 aromatic rings. The number of hydrogen-bond acceptors (Lipinski definition) is 4. The van der Waals surface area contributed by atoms with Crippen LogP contribution in [0.25, 0.3) is 0 Å². The van der Waals surface area contributed by atoms with Gasteiger partial charge in [0.2, 0.25) is 0 Å². The third kappa shape index (κ3) is 7.42. The van der Waals surface area contributed by atoms with Crippen molar-refractivity contribution >= 4 is 52.1 Å². The summed E-state index contributed by atoms with van der Waals surface area (Å²) in [6.45, 7) is 9.83. The molecule has 3 unspecified atom stereocenters. The lowest BCUT2D eigenvalue weighted by Gasteiger charge is -2.30. The van der Waals surface area contributed by atoms with Crippen LogP contribution in [0.1, 0.15) is 55.1 Å². The van der Waals surface area contributed by atoms with Crippen LogP contribution in [-0.4, -0.2) is 45.3 Å². The smallest absolute Gasteiger partial charge is 0.191 e. The zero-order valence-electron chi connectivity index (χ0n) is 16.3. The first-order valence-electron chi connectivity index (χ1n) is 9.38. The van der Waals surface area contributed by atoms with E-state index in [4.69, 9.17) is 4.99 Å². The molecule has 0 spiro atoms. The summed E-state index contributed by atoms with van der Waals surface area (Å²) in [4.78, 5) is 10.5. The van der Waals surface area contributed by atoms with E-state index < -0.39 is 10.8 Å². The van der Waals surface area contributed by atoms with Crippen LogP contribution in [0.3, 0.4) is 0 Å². The van der Waals surface area contributed by atoms with Crippen LogP contribution in [0.4, 0.5) is 0 Å². The highest BCUT2D eigenvalue weighted by molar-refractivity contribution is 14.0. The van der Waals surface area contributed by atoms with Crippen LogP contribution >= 0.6 is 35.3 Å². The van der Waals surface area contributed by atoms with Crippen molar-refractivity contribution in [3.63, 3.8) is 0 Å². The topological polar surface area (TPSA) is 66.4 Å². The Morgan fingerprint density at radius 3 is 2.73 bits per heavy atom. The Morgan fingerprint density at radius 2 is 2.12 bits per heavy atom. The van der Waals surface area contributed by atoms with Crippen molar-refractivity contribution in [2.45, 2.75) is 71.1 Å². The summed E-state index contributed by atoms with van der Waals surface area (Å²) in [6.07, 6.45) is 5.29.